The van der Waals surface area contributed by atoms with Crippen LogP contribution in [0.2, 0.25) is 0 Å². The lowest BCUT2D eigenvalue weighted by Gasteiger charge is -2.50. The second-order valence-corrected chi connectivity index (χ2v) is 7.72. The van der Waals surface area contributed by atoms with Gasteiger partial charge in [-0.2, -0.15) is 0 Å². The minimum absolute atomic E-state index is 0.240. The van der Waals surface area contributed by atoms with Crippen molar-refractivity contribution in [2.24, 2.45) is 0 Å². The molecule has 2 aromatic rings. The number of likely N-dealkylation sites (tertiary alicyclic amines) is 1. The number of aryl methyl sites for hydroxylation is 1. The highest BCUT2D eigenvalue weighted by molar-refractivity contribution is 5.77. The second-order valence-electron chi connectivity index (χ2n) is 7.72. The number of nitrogens with zero attached hydrogens (tertiary/aromatic N) is 5. The van der Waals surface area contributed by atoms with Crippen LogP contribution in [0.4, 0.5) is 0 Å². The number of hydrogen-bond donors (Lipinski definition) is 1. The molecule has 7 nitrogen and oxygen atoms in total. The van der Waals surface area contributed by atoms with Gasteiger partial charge < -0.3 is 14.5 Å². The van der Waals surface area contributed by atoms with E-state index in [1.54, 1.807) is 6.33 Å². The molecule has 0 atom stereocenters. The molecule has 0 unspecified atom stereocenters. The minimum atomic E-state index is -0.240. The molecular formula is C20H30N6O. The van der Waals surface area contributed by atoms with Gasteiger partial charge >= 0.3 is 0 Å². The van der Waals surface area contributed by atoms with Crippen molar-refractivity contribution >= 4 is 5.91 Å². The van der Waals surface area contributed by atoms with Crippen LogP contribution in [0.3, 0.4) is 0 Å². The molecule has 0 radical (unpaired) electrons. The SMILES string of the molecule is CCCn1ccnc1CN1CCC2(CC1)c1nc[nH]c1CCN2C(=O)CC. The van der Waals surface area contributed by atoms with Gasteiger partial charge in [-0.05, 0) is 19.3 Å². The lowest BCUT2D eigenvalue weighted by Crippen LogP contribution is -2.58. The summed E-state index contributed by atoms with van der Waals surface area (Å²) in [6, 6.07) is 0. The van der Waals surface area contributed by atoms with Crippen molar-refractivity contribution in [3.8, 4) is 0 Å². The van der Waals surface area contributed by atoms with Crippen LogP contribution in [-0.2, 0) is 29.8 Å². The zero-order valence-electron chi connectivity index (χ0n) is 16.4. The number of carbonyl (C=O) groups is 1. The number of H-pyrrole nitrogens is 1. The third-order valence-electron chi connectivity index (χ3n) is 6.18. The van der Waals surface area contributed by atoms with E-state index in [9.17, 15) is 4.79 Å². The summed E-state index contributed by atoms with van der Waals surface area (Å²) in [6.07, 6.45) is 10.2. The van der Waals surface area contributed by atoms with E-state index in [0.717, 1.165) is 69.9 Å². The summed E-state index contributed by atoms with van der Waals surface area (Å²) < 4.78 is 2.25. The van der Waals surface area contributed by atoms with Gasteiger partial charge in [0.2, 0.25) is 5.91 Å². The number of carbonyl (C=O) groups excluding carboxylic acids is 1. The highest BCUT2D eigenvalue weighted by Crippen LogP contribution is 2.42. The number of nitrogens with one attached hydrogen (secondary N) is 1. The number of rotatable bonds is 5. The van der Waals surface area contributed by atoms with Gasteiger partial charge in [-0.25, -0.2) is 9.97 Å². The van der Waals surface area contributed by atoms with E-state index >= 15 is 0 Å². The third kappa shape index (κ3) is 3.18. The number of piperidine rings is 1. The summed E-state index contributed by atoms with van der Waals surface area (Å²) in [5.74, 6) is 1.38. The molecule has 2 aromatic heterocycles. The first-order valence-corrected chi connectivity index (χ1v) is 10.2. The average Bonchev–Trinajstić information content (AvgIpc) is 3.34. The standard InChI is InChI=1S/C20H30N6O/c1-3-9-25-13-8-21-17(25)14-24-11-6-20(7-12-24)19-16(22-15-23-19)5-10-26(20)18(27)4-2/h8,13,15H,3-7,9-12,14H2,1-2H3,(H,22,23). The van der Waals surface area contributed by atoms with Crippen molar-refractivity contribution in [1.82, 2.24) is 29.3 Å². The van der Waals surface area contributed by atoms with Gasteiger partial charge in [0, 0.05) is 57.1 Å². The molecule has 1 saturated heterocycles. The molecule has 0 saturated carbocycles. The van der Waals surface area contributed by atoms with Crippen LogP contribution in [0.15, 0.2) is 18.7 Å². The van der Waals surface area contributed by atoms with Crippen molar-refractivity contribution in [1.29, 1.82) is 0 Å². The summed E-state index contributed by atoms with van der Waals surface area (Å²) in [5, 5.41) is 0. The molecule has 0 aliphatic carbocycles. The molecule has 2 aliphatic rings. The van der Waals surface area contributed by atoms with E-state index in [1.807, 2.05) is 13.1 Å². The molecule has 4 heterocycles. The molecule has 27 heavy (non-hydrogen) atoms. The number of hydrogen-bond acceptors (Lipinski definition) is 4. The lowest BCUT2D eigenvalue weighted by molar-refractivity contribution is -0.141. The number of aromatic amines is 1. The number of aromatic nitrogens is 4. The highest BCUT2D eigenvalue weighted by Gasteiger charge is 2.48. The fraction of sp³-hybridized carbons (Fsp3) is 0.650. The van der Waals surface area contributed by atoms with E-state index in [4.69, 9.17) is 0 Å². The largest absolute Gasteiger partial charge is 0.348 e. The van der Waals surface area contributed by atoms with E-state index < -0.39 is 0 Å². The van der Waals surface area contributed by atoms with Crippen LogP contribution < -0.4 is 0 Å². The number of amides is 1. The summed E-state index contributed by atoms with van der Waals surface area (Å²) in [7, 11) is 0. The van der Waals surface area contributed by atoms with Gasteiger partial charge in [0.15, 0.2) is 0 Å². The molecule has 1 spiro atoms. The van der Waals surface area contributed by atoms with Crippen molar-refractivity contribution in [3.05, 3.63) is 35.9 Å². The van der Waals surface area contributed by atoms with E-state index in [2.05, 4.69) is 42.4 Å². The summed E-state index contributed by atoms with van der Waals surface area (Å²) in [4.78, 5) is 29.8. The quantitative estimate of drug-likeness (QED) is 0.877. The van der Waals surface area contributed by atoms with Crippen molar-refractivity contribution in [2.45, 2.75) is 64.6 Å². The number of fused-ring (bicyclic) bond motifs is 2. The monoisotopic (exact) mass is 370 g/mol. The Kier molecular flexibility index (Phi) is 5.04. The van der Waals surface area contributed by atoms with Gasteiger partial charge in [0.25, 0.3) is 0 Å². The predicted octanol–water partition coefficient (Wildman–Crippen LogP) is 2.30. The zero-order chi connectivity index (χ0) is 18.9. The Morgan fingerprint density at radius 2 is 2.04 bits per heavy atom. The Labute approximate surface area is 160 Å². The molecule has 146 valence electrons. The molecule has 1 N–H and O–H groups in total. The Morgan fingerprint density at radius 1 is 1.22 bits per heavy atom. The van der Waals surface area contributed by atoms with Crippen LogP contribution in [0.5, 0.6) is 0 Å². The van der Waals surface area contributed by atoms with Crippen LogP contribution in [0.25, 0.3) is 0 Å². The predicted molar refractivity (Wildman–Crippen MR) is 103 cm³/mol. The van der Waals surface area contributed by atoms with E-state index in [0.29, 0.717) is 6.42 Å². The first-order valence-electron chi connectivity index (χ1n) is 10.2. The molecule has 1 amide bonds. The maximum absolute atomic E-state index is 12.7. The fourth-order valence-electron chi connectivity index (χ4n) is 4.76. The first-order chi connectivity index (χ1) is 13.2. The average molecular weight is 371 g/mol. The van der Waals surface area contributed by atoms with Gasteiger partial charge in [0.1, 0.15) is 5.82 Å². The van der Waals surface area contributed by atoms with E-state index in [-0.39, 0.29) is 11.4 Å². The molecule has 2 aliphatic heterocycles. The number of imidazole rings is 2. The zero-order valence-corrected chi connectivity index (χ0v) is 16.4. The van der Waals surface area contributed by atoms with Crippen molar-refractivity contribution in [3.63, 3.8) is 0 Å². The molecule has 0 aromatic carbocycles. The van der Waals surface area contributed by atoms with Crippen molar-refractivity contribution in [2.75, 3.05) is 19.6 Å². The summed E-state index contributed by atoms with van der Waals surface area (Å²) in [5.41, 5.74) is 2.07. The van der Waals surface area contributed by atoms with Crippen LogP contribution in [-0.4, -0.2) is 54.9 Å². The van der Waals surface area contributed by atoms with Crippen molar-refractivity contribution < 1.29 is 4.79 Å². The maximum Gasteiger partial charge on any atom is 0.223 e. The topological polar surface area (TPSA) is 70.1 Å². The first kappa shape index (κ1) is 18.2. The van der Waals surface area contributed by atoms with Crippen LogP contribution in [0, 0.1) is 0 Å². The smallest absolute Gasteiger partial charge is 0.223 e. The normalized spacial score (nSPS) is 19.4. The summed E-state index contributed by atoms with van der Waals surface area (Å²) >= 11 is 0. The second kappa shape index (κ2) is 7.46. The van der Waals surface area contributed by atoms with Gasteiger partial charge in [-0.15, -0.1) is 0 Å². The molecule has 0 bridgehead atoms. The molecular weight excluding hydrogens is 340 g/mol. The lowest BCUT2D eigenvalue weighted by atomic mass is 9.78. The van der Waals surface area contributed by atoms with Gasteiger partial charge in [-0.1, -0.05) is 13.8 Å². The van der Waals surface area contributed by atoms with Gasteiger partial charge in [-0.3, -0.25) is 9.69 Å². The Hall–Kier alpha value is -2.15. The maximum atomic E-state index is 12.7. The minimum Gasteiger partial charge on any atom is -0.348 e. The third-order valence-corrected chi connectivity index (χ3v) is 6.18. The Morgan fingerprint density at radius 3 is 2.78 bits per heavy atom. The Balaban J connectivity index is 1.52. The van der Waals surface area contributed by atoms with Crippen LogP contribution in [0.1, 0.15) is 56.7 Å². The fourth-order valence-corrected chi connectivity index (χ4v) is 4.76. The molecule has 7 heteroatoms. The van der Waals surface area contributed by atoms with Gasteiger partial charge in [0.05, 0.1) is 24.1 Å². The van der Waals surface area contributed by atoms with E-state index in [1.165, 1.54) is 5.69 Å². The Bertz CT molecular complexity index is 786. The molecule has 1 fully saturated rings. The highest BCUT2D eigenvalue weighted by atomic mass is 16.2. The summed E-state index contributed by atoms with van der Waals surface area (Å²) in [6.45, 7) is 8.75. The van der Waals surface area contributed by atoms with Crippen LogP contribution >= 0.6 is 0 Å². The molecule has 4 rings (SSSR count).